The van der Waals surface area contributed by atoms with Crippen LogP contribution in [-0.2, 0) is 16.0 Å². The third-order valence-electron chi connectivity index (χ3n) is 3.22. The smallest absolute Gasteiger partial charge is 0.251 e. The van der Waals surface area contributed by atoms with Crippen molar-refractivity contribution in [3.05, 3.63) is 71.3 Å². The average molecular weight is 312 g/mol. The Morgan fingerprint density at radius 3 is 2.48 bits per heavy atom. The molecule has 0 fully saturated rings. The Balaban J connectivity index is 1.86. The van der Waals surface area contributed by atoms with Gasteiger partial charge in [-0.1, -0.05) is 42.5 Å². The first-order chi connectivity index (χ1) is 11.1. The molecule has 0 atom stereocenters. The highest BCUT2D eigenvalue weighted by Crippen LogP contribution is 2.11. The van der Waals surface area contributed by atoms with Gasteiger partial charge in [0.25, 0.3) is 5.91 Å². The third kappa shape index (κ3) is 5.92. The van der Waals surface area contributed by atoms with E-state index in [0.717, 1.165) is 12.0 Å². The number of rotatable bonds is 8. The van der Waals surface area contributed by atoms with Gasteiger partial charge in [0.15, 0.2) is 0 Å². The molecule has 0 aliphatic heterocycles. The SMILES string of the molecule is NC(=O)COCCNC(=O)c1cccc(Cc2ccccc2)c1. The van der Waals surface area contributed by atoms with Crippen molar-refractivity contribution in [2.45, 2.75) is 6.42 Å². The highest BCUT2D eigenvalue weighted by molar-refractivity contribution is 5.94. The number of carbonyl (C=O) groups excluding carboxylic acids is 2. The van der Waals surface area contributed by atoms with Gasteiger partial charge in [-0.05, 0) is 29.7 Å². The molecule has 0 aliphatic rings. The van der Waals surface area contributed by atoms with Crippen LogP contribution < -0.4 is 11.1 Å². The van der Waals surface area contributed by atoms with Crippen molar-refractivity contribution >= 4 is 11.8 Å². The minimum atomic E-state index is -0.523. The minimum absolute atomic E-state index is 0.136. The summed E-state index contributed by atoms with van der Waals surface area (Å²) in [5.41, 5.74) is 7.84. The first-order valence-electron chi connectivity index (χ1n) is 7.42. The molecule has 2 aromatic carbocycles. The van der Waals surface area contributed by atoms with Gasteiger partial charge in [0.05, 0.1) is 6.61 Å². The molecule has 0 radical (unpaired) electrons. The van der Waals surface area contributed by atoms with Crippen molar-refractivity contribution in [1.29, 1.82) is 0 Å². The number of hydrogen-bond acceptors (Lipinski definition) is 3. The lowest BCUT2D eigenvalue weighted by atomic mass is 10.0. The molecule has 0 saturated carbocycles. The number of amides is 2. The summed E-state index contributed by atoms with van der Waals surface area (Å²) < 4.78 is 4.99. The van der Waals surface area contributed by atoms with E-state index >= 15 is 0 Å². The van der Waals surface area contributed by atoms with E-state index in [9.17, 15) is 9.59 Å². The third-order valence-corrected chi connectivity index (χ3v) is 3.22. The molecule has 0 aromatic heterocycles. The first-order valence-corrected chi connectivity index (χ1v) is 7.42. The van der Waals surface area contributed by atoms with Crippen molar-refractivity contribution < 1.29 is 14.3 Å². The topological polar surface area (TPSA) is 81.4 Å². The molecule has 0 bridgehead atoms. The summed E-state index contributed by atoms with van der Waals surface area (Å²) in [5, 5.41) is 2.75. The van der Waals surface area contributed by atoms with Gasteiger partial charge >= 0.3 is 0 Å². The average Bonchev–Trinajstić information content (AvgIpc) is 2.55. The van der Waals surface area contributed by atoms with Gasteiger partial charge in [-0.15, -0.1) is 0 Å². The quantitative estimate of drug-likeness (QED) is 0.725. The highest BCUT2D eigenvalue weighted by Gasteiger charge is 2.06. The zero-order valence-electron chi connectivity index (χ0n) is 12.8. The first kappa shape index (κ1) is 16.7. The van der Waals surface area contributed by atoms with E-state index in [2.05, 4.69) is 17.4 Å². The van der Waals surface area contributed by atoms with Crippen LogP contribution in [0.5, 0.6) is 0 Å². The monoisotopic (exact) mass is 312 g/mol. The molecular weight excluding hydrogens is 292 g/mol. The summed E-state index contributed by atoms with van der Waals surface area (Å²) in [6, 6.07) is 17.6. The molecule has 5 nitrogen and oxygen atoms in total. The lowest BCUT2D eigenvalue weighted by Crippen LogP contribution is -2.28. The fourth-order valence-corrected chi connectivity index (χ4v) is 2.17. The highest BCUT2D eigenvalue weighted by atomic mass is 16.5. The van der Waals surface area contributed by atoms with Crippen molar-refractivity contribution in [3.63, 3.8) is 0 Å². The van der Waals surface area contributed by atoms with E-state index in [1.54, 1.807) is 6.07 Å². The maximum absolute atomic E-state index is 12.1. The van der Waals surface area contributed by atoms with Crippen LogP contribution in [0.4, 0.5) is 0 Å². The lowest BCUT2D eigenvalue weighted by Gasteiger charge is -2.07. The lowest BCUT2D eigenvalue weighted by molar-refractivity contribution is -0.122. The summed E-state index contributed by atoms with van der Waals surface area (Å²) >= 11 is 0. The zero-order chi connectivity index (χ0) is 16.5. The predicted octanol–water partition coefficient (Wildman–Crippen LogP) is 1.51. The van der Waals surface area contributed by atoms with Crippen LogP contribution in [0.25, 0.3) is 0 Å². The van der Waals surface area contributed by atoms with Crippen molar-refractivity contribution in [3.8, 4) is 0 Å². The van der Waals surface area contributed by atoms with E-state index in [1.165, 1.54) is 5.56 Å². The number of hydrogen-bond donors (Lipinski definition) is 2. The fraction of sp³-hybridized carbons (Fsp3) is 0.222. The maximum atomic E-state index is 12.1. The maximum Gasteiger partial charge on any atom is 0.251 e. The molecule has 0 spiro atoms. The second-order valence-electron chi connectivity index (χ2n) is 5.14. The molecule has 0 unspecified atom stereocenters. The molecule has 3 N–H and O–H groups in total. The van der Waals surface area contributed by atoms with Crippen LogP contribution in [0.2, 0.25) is 0 Å². The normalized spacial score (nSPS) is 10.3. The van der Waals surface area contributed by atoms with Gasteiger partial charge in [0, 0.05) is 12.1 Å². The van der Waals surface area contributed by atoms with Gasteiger partial charge in [-0.25, -0.2) is 0 Å². The molecule has 0 saturated heterocycles. The Hall–Kier alpha value is -2.66. The van der Waals surface area contributed by atoms with Gasteiger partial charge < -0.3 is 15.8 Å². The Kier molecular flexibility index (Phi) is 6.32. The van der Waals surface area contributed by atoms with Crippen LogP contribution in [-0.4, -0.2) is 31.6 Å². The van der Waals surface area contributed by atoms with Crippen LogP contribution in [0.1, 0.15) is 21.5 Å². The van der Waals surface area contributed by atoms with Gasteiger partial charge in [-0.2, -0.15) is 0 Å². The molecule has 2 aromatic rings. The van der Waals surface area contributed by atoms with Crippen molar-refractivity contribution in [2.75, 3.05) is 19.8 Å². The van der Waals surface area contributed by atoms with Gasteiger partial charge in [0.2, 0.25) is 5.91 Å². The Morgan fingerprint density at radius 2 is 1.74 bits per heavy atom. The molecule has 0 heterocycles. The number of benzene rings is 2. The number of ether oxygens (including phenoxy) is 1. The number of primary amides is 1. The van der Waals surface area contributed by atoms with E-state index < -0.39 is 5.91 Å². The molecule has 2 rings (SSSR count). The summed E-state index contributed by atoms with van der Waals surface area (Å²) in [6.07, 6.45) is 0.781. The molecule has 120 valence electrons. The molecule has 2 amide bonds. The summed E-state index contributed by atoms with van der Waals surface area (Å²) in [4.78, 5) is 22.6. The fourth-order valence-electron chi connectivity index (χ4n) is 2.17. The number of nitrogens with one attached hydrogen (secondary N) is 1. The number of carbonyl (C=O) groups is 2. The van der Waals surface area contributed by atoms with E-state index in [4.69, 9.17) is 10.5 Å². The van der Waals surface area contributed by atoms with Crippen LogP contribution >= 0.6 is 0 Å². The van der Waals surface area contributed by atoms with E-state index in [-0.39, 0.29) is 19.1 Å². The predicted molar refractivity (Wildman–Crippen MR) is 88.0 cm³/mol. The zero-order valence-corrected chi connectivity index (χ0v) is 12.8. The van der Waals surface area contributed by atoms with Crippen molar-refractivity contribution in [1.82, 2.24) is 5.32 Å². The second kappa shape index (κ2) is 8.70. The summed E-state index contributed by atoms with van der Waals surface area (Å²) in [7, 11) is 0. The Bertz CT molecular complexity index is 656. The second-order valence-corrected chi connectivity index (χ2v) is 5.14. The van der Waals surface area contributed by atoms with Gasteiger partial charge in [-0.3, -0.25) is 9.59 Å². The largest absolute Gasteiger partial charge is 0.370 e. The van der Waals surface area contributed by atoms with Gasteiger partial charge in [0.1, 0.15) is 6.61 Å². The molecule has 0 aliphatic carbocycles. The summed E-state index contributed by atoms with van der Waals surface area (Å²) in [5.74, 6) is -0.687. The van der Waals surface area contributed by atoms with E-state index in [1.807, 2.05) is 36.4 Å². The van der Waals surface area contributed by atoms with E-state index in [0.29, 0.717) is 12.1 Å². The van der Waals surface area contributed by atoms with Crippen LogP contribution in [0.3, 0.4) is 0 Å². The molecule has 23 heavy (non-hydrogen) atoms. The Labute approximate surface area is 135 Å². The minimum Gasteiger partial charge on any atom is -0.370 e. The Morgan fingerprint density at radius 1 is 1.00 bits per heavy atom. The standard InChI is InChI=1S/C18H20N2O3/c19-17(21)13-23-10-9-20-18(22)16-8-4-7-15(12-16)11-14-5-2-1-3-6-14/h1-8,12H,9-11,13H2,(H2,19,21)(H,20,22). The van der Waals surface area contributed by atoms with Crippen LogP contribution in [0, 0.1) is 0 Å². The molecular formula is C18H20N2O3. The number of nitrogens with two attached hydrogens (primary N) is 1. The molecule has 5 heteroatoms. The van der Waals surface area contributed by atoms with Crippen molar-refractivity contribution in [2.24, 2.45) is 5.73 Å². The van der Waals surface area contributed by atoms with Crippen LogP contribution in [0.15, 0.2) is 54.6 Å². The summed E-state index contributed by atoms with van der Waals surface area (Å²) in [6.45, 7) is 0.440.